The molecule has 0 heterocycles. The van der Waals surface area contributed by atoms with Crippen molar-refractivity contribution in [3.63, 3.8) is 0 Å². The Morgan fingerprint density at radius 2 is 1.70 bits per heavy atom. The number of benzene rings is 2. The van der Waals surface area contributed by atoms with E-state index in [4.69, 9.17) is 4.74 Å². The van der Waals surface area contributed by atoms with Crippen molar-refractivity contribution in [3.05, 3.63) is 64.7 Å². The van der Waals surface area contributed by atoms with Gasteiger partial charge in [0, 0.05) is 0 Å². The highest BCUT2D eigenvalue weighted by atomic mass is 16.5. The second-order valence-corrected chi connectivity index (χ2v) is 8.38. The number of rotatable bonds is 6. The molecule has 0 fully saturated rings. The molecular formula is C24H33NO2. The van der Waals surface area contributed by atoms with E-state index in [0.717, 1.165) is 11.3 Å². The standard InChI is InChI=1S/C24H33NO2/c1-8-22(27-20-13-11-19(12-14-20)24(5,6)7)23(26)25-18(4)21-15-16(2)9-10-17(21)3/h9-15,18,22H,8H2,1-7H3,(H,25,26)/t18-,22+/m0/s1. The van der Waals surface area contributed by atoms with Crippen molar-refractivity contribution in [1.82, 2.24) is 5.32 Å². The van der Waals surface area contributed by atoms with Crippen LogP contribution in [0, 0.1) is 13.8 Å². The van der Waals surface area contributed by atoms with Gasteiger partial charge in [0.05, 0.1) is 6.04 Å². The maximum Gasteiger partial charge on any atom is 0.261 e. The van der Waals surface area contributed by atoms with E-state index in [0.29, 0.717) is 6.42 Å². The Labute approximate surface area is 164 Å². The molecule has 0 bridgehead atoms. The molecule has 0 aliphatic carbocycles. The minimum Gasteiger partial charge on any atom is -0.481 e. The smallest absolute Gasteiger partial charge is 0.261 e. The lowest BCUT2D eigenvalue weighted by Crippen LogP contribution is -2.39. The van der Waals surface area contributed by atoms with E-state index < -0.39 is 6.10 Å². The van der Waals surface area contributed by atoms with Crippen molar-refractivity contribution >= 4 is 5.91 Å². The highest BCUT2D eigenvalue weighted by Crippen LogP contribution is 2.25. The van der Waals surface area contributed by atoms with Crippen LogP contribution in [0.3, 0.4) is 0 Å². The fourth-order valence-corrected chi connectivity index (χ4v) is 3.13. The van der Waals surface area contributed by atoms with Crippen LogP contribution in [-0.2, 0) is 10.2 Å². The molecular weight excluding hydrogens is 334 g/mol. The SMILES string of the molecule is CC[C@@H](Oc1ccc(C(C)(C)C)cc1)C(=O)N[C@@H](C)c1cc(C)ccc1C. The van der Waals surface area contributed by atoms with Crippen LogP contribution in [0.15, 0.2) is 42.5 Å². The van der Waals surface area contributed by atoms with Gasteiger partial charge in [0.2, 0.25) is 0 Å². The lowest BCUT2D eigenvalue weighted by Gasteiger charge is -2.23. The predicted molar refractivity (Wildman–Crippen MR) is 112 cm³/mol. The Bertz CT molecular complexity index is 772. The molecule has 0 unspecified atom stereocenters. The zero-order valence-electron chi connectivity index (χ0n) is 17.7. The van der Waals surface area contributed by atoms with Crippen molar-refractivity contribution in [2.24, 2.45) is 0 Å². The largest absolute Gasteiger partial charge is 0.481 e. The highest BCUT2D eigenvalue weighted by Gasteiger charge is 2.22. The first kappa shape index (κ1) is 21.0. The van der Waals surface area contributed by atoms with Gasteiger partial charge in [-0.3, -0.25) is 4.79 Å². The van der Waals surface area contributed by atoms with Crippen LogP contribution in [-0.4, -0.2) is 12.0 Å². The number of carbonyl (C=O) groups is 1. The molecule has 1 amide bonds. The summed E-state index contributed by atoms with van der Waals surface area (Å²) >= 11 is 0. The summed E-state index contributed by atoms with van der Waals surface area (Å²) < 4.78 is 5.97. The molecule has 2 aromatic rings. The third-order valence-corrected chi connectivity index (χ3v) is 4.92. The Morgan fingerprint density at radius 3 is 2.26 bits per heavy atom. The van der Waals surface area contributed by atoms with Gasteiger partial charge in [-0.15, -0.1) is 0 Å². The molecule has 1 N–H and O–H groups in total. The van der Waals surface area contributed by atoms with Gasteiger partial charge in [-0.25, -0.2) is 0 Å². The average Bonchev–Trinajstić information content (AvgIpc) is 2.61. The van der Waals surface area contributed by atoms with Crippen molar-refractivity contribution in [1.29, 1.82) is 0 Å². The molecule has 0 aliphatic heterocycles. The topological polar surface area (TPSA) is 38.3 Å². The van der Waals surface area contributed by atoms with Crippen molar-refractivity contribution in [2.75, 3.05) is 0 Å². The van der Waals surface area contributed by atoms with E-state index >= 15 is 0 Å². The van der Waals surface area contributed by atoms with Gasteiger partial charge in [0.1, 0.15) is 5.75 Å². The van der Waals surface area contributed by atoms with E-state index in [2.05, 4.69) is 70.3 Å². The third-order valence-electron chi connectivity index (χ3n) is 4.92. The first-order valence-corrected chi connectivity index (χ1v) is 9.76. The maximum atomic E-state index is 12.7. The molecule has 2 atom stereocenters. The molecule has 146 valence electrons. The van der Waals surface area contributed by atoms with Crippen LogP contribution in [0.25, 0.3) is 0 Å². The third kappa shape index (κ3) is 5.59. The molecule has 3 heteroatoms. The molecule has 27 heavy (non-hydrogen) atoms. The molecule has 0 aromatic heterocycles. The summed E-state index contributed by atoms with van der Waals surface area (Å²) in [6, 6.07) is 14.3. The second kappa shape index (κ2) is 8.60. The summed E-state index contributed by atoms with van der Waals surface area (Å²) in [7, 11) is 0. The normalized spacial score (nSPS) is 13.7. The summed E-state index contributed by atoms with van der Waals surface area (Å²) in [6.45, 7) is 14.7. The van der Waals surface area contributed by atoms with Crippen LogP contribution in [0.1, 0.15) is 69.3 Å². The average molecular weight is 368 g/mol. The molecule has 0 saturated carbocycles. The maximum absolute atomic E-state index is 12.7. The Hall–Kier alpha value is -2.29. The fraction of sp³-hybridized carbons (Fsp3) is 0.458. The Balaban J connectivity index is 2.06. The second-order valence-electron chi connectivity index (χ2n) is 8.38. The van der Waals surface area contributed by atoms with Crippen molar-refractivity contribution in [2.45, 2.75) is 72.4 Å². The minimum absolute atomic E-state index is 0.0571. The van der Waals surface area contributed by atoms with Crippen LogP contribution < -0.4 is 10.1 Å². The first-order valence-electron chi connectivity index (χ1n) is 9.76. The van der Waals surface area contributed by atoms with E-state index in [1.807, 2.05) is 26.0 Å². The van der Waals surface area contributed by atoms with Crippen LogP contribution in [0.4, 0.5) is 0 Å². The number of amides is 1. The summed E-state index contributed by atoms with van der Waals surface area (Å²) in [5.41, 5.74) is 4.86. The van der Waals surface area contributed by atoms with E-state index in [1.165, 1.54) is 16.7 Å². The minimum atomic E-state index is -0.502. The monoisotopic (exact) mass is 367 g/mol. The van der Waals surface area contributed by atoms with Gasteiger partial charge in [-0.05, 0) is 61.4 Å². The van der Waals surface area contributed by atoms with Crippen molar-refractivity contribution < 1.29 is 9.53 Å². The zero-order chi connectivity index (χ0) is 20.2. The van der Waals surface area contributed by atoms with Crippen LogP contribution in [0.2, 0.25) is 0 Å². The molecule has 0 spiro atoms. The zero-order valence-corrected chi connectivity index (χ0v) is 17.7. The Kier molecular flexibility index (Phi) is 6.69. The van der Waals surface area contributed by atoms with E-state index in [1.54, 1.807) is 0 Å². The van der Waals surface area contributed by atoms with Crippen molar-refractivity contribution in [3.8, 4) is 5.75 Å². The van der Waals surface area contributed by atoms with E-state index in [9.17, 15) is 4.79 Å². The van der Waals surface area contributed by atoms with Gasteiger partial charge in [-0.1, -0.05) is 63.6 Å². The van der Waals surface area contributed by atoms with Crippen LogP contribution >= 0.6 is 0 Å². The highest BCUT2D eigenvalue weighted by molar-refractivity contribution is 5.81. The summed E-state index contributed by atoms with van der Waals surface area (Å²) in [5.74, 6) is 0.648. The number of ether oxygens (including phenoxy) is 1. The van der Waals surface area contributed by atoms with E-state index in [-0.39, 0.29) is 17.4 Å². The molecule has 0 aliphatic rings. The van der Waals surface area contributed by atoms with Gasteiger partial charge in [0.25, 0.3) is 5.91 Å². The number of nitrogens with one attached hydrogen (secondary N) is 1. The fourth-order valence-electron chi connectivity index (χ4n) is 3.13. The lowest BCUT2D eigenvalue weighted by molar-refractivity contribution is -0.128. The quantitative estimate of drug-likeness (QED) is 0.718. The van der Waals surface area contributed by atoms with Gasteiger partial charge in [-0.2, -0.15) is 0 Å². The van der Waals surface area contributed by atoms with Gasteiger partial charge in [0.15, 0.2) is 6.10 Å². The number of hydrogen-bond acceptors (Lipinski definition) is 2. The molecule has 0 radical (unpaired) electrons. The summed E-state index contributed by atoms with van der Waals surface area (Å²) in [4.78, 5) is 12.7. The lowest BCUT2D eigenvalue weighted by atomic mass is 9.87. The number of hydrogen-bond donors (Lipinski definition) is 1. The molecule has 2 rings (SSSR count). The number of aryl methyl sites for hydroxylation is 2. The first-order chi connectivity index (χ1) is 12.6. The summed E-state index contributed by atoms with van der Waals surface area (Å²) in [5, 5.41) is 3.11. The molecule has 2 aromatic carbocycles. The van der Waals surface area contributed by atoms with Crippen LogP contribution in [0.5, 0.6) is 5.75 Å². The predicted octanol–water partition coefficient (Wildman–Crippen LogP) is 5.64. The molecule has 0 saturated heterocycles. The summed E-state index contributed by atoms with van der Waals surface area (Å²) in [6.07, 6.45) is 0.116. The Morgan fingerprint density at radius 1 is 1.07 bits per heavy atom. The van der Waals surface area contributed by atoms with Gasteiger partial charge < -0.3 is 10.1 Å². The molecule has 3 nitrogen and oxygen atoms in total. The number of carbonyl (C=O) groups excluding carboxylic acids is 1. The van der Waals surface area contributed by atoms with Gasteiger partial charge >= 0.3 is 0 Å².